The molecule has 274 valence electrons. The molecule has 3 aromatic carbocycles. The van der Waals surface area contributed by atoms with Crippen LogP contribution >= 0.6 is 34.8 Å². The predicted molar refractivity (Wildman–Crippen MR) is 215 cm³/mol. The fourth-order valence-electron chi connectivity index (χ4n) is 8.52. The number of H-pyrrole nitrogens is 1. The van der Waals surface area contributed by atoms with Gasteiger partial charge in [0.2, 0.25) is 0 Å². The second-order valence-electron chi connectivity index (χ2n) is 14.4. The van der Waals surface area contributed by atoms with Crippen LogP contribution in [0.3, 0.4) is 0 Å². The number of hydrogen-bond acceptors (Lipinski definition) is 5. The number of aromatic nitrogens is 1. The molecule has 2 unspecified atom stereocenters. The number of rotatable bonds is 10. The number of hydrogen-bond donors (Lipinski definition) is 2. The summed E-state index contributed by atoms with van der Waals surface area (Å²) in [6.07, 6.45) is 8.50. The number of piperazine rings is 1. The van der Waals surface area contributed by atoms with E-state index in [0.717, 1.165) is 71.1 Å². The molecule has 3 atom stereocenters. The molecule has 1 amide bonds. The van der Waals surface area contributed by atoms with E-state index in [0.29, 0.717) is 34.0 Å². The van der Waals surface area contributed by atoms with Crippen molar-refractivity contribution in [2.24, 2.45) is 0 Å². The third-order valence-corrected chi connectivity index (χ3v) is 12.1. The molecule has 1 saturated carbocycles. The standard InChI is InChI=1S/C42H48Cl3N5O2/c1-4-50(28(3)33-17-15-30(43)23-35(33)45)41(27(2)29-11-7-5-8-12-29)39-34-18-16-31(44)24-36(34)46-40(39)42(51)47-37-25-52-26-38(37)49-21-19-48(20-22-49)32-13-9-6-10-14-32/h4-5,7-8,11-12,15-18,23-24,28,32,37-38,46H,1,6,9-10,13-14,19-22,25-26H2,2-3H3,(H,47,51)/b41-27+/t28?,37-,38?/m0/s1. The molecule has 7 rings (SSSR count). The first kappa shape index (κ1) is 37.0. The van der Waals surface area contributed by atoms with E-state index in [1.54, 1.807) is 6.07 Å². The largest absolute Gasteiger partial charge is 0.378 e. The van der Waals surface area contributed by atoms with Gasteiger partial charge in [-0.25, -0.2) is 0 Å². The highest BCUT2D eigenvalue weighted by atomic mass is 35.5. The molecule has 7 nitrogen and oxygen atoms in total. The van der Waals surface area contributed by atoms with Gasteiger partial charge in [-0.3, -0.25) is 14.6 Å². The lowest BCUT2D eigenvalue weighted by atomic mass is 9.93. The number of carbonyl (C=O) groups is 1. The summed E-state index contributed by atoms with van der Waals surface area (Å²) in [5.74, 6) is -0.191. The Labute approximate surface area is 322 Å². The number of allylic oxidation sites excluding steroid dienone is 1. The molecule has 0 spiro atoms. The van der Waals surface area contributed by atoms with Crippen molar-refractivity contribution in [3.8, 4) is 0 Å². The Morgan fingerprint density at radius 2 is 1.63 bits per heavy atom. The molecule has 3 fully saturated rings. The Morgan fingerprint density at radius 1 is 0.942 bits per heavy atom. The zero-order valence-corrected chi connectivity index (χ0v) is 32.3. The average molecular weight is 761 g/mol. The van der Waals surface area contributed by atoms with Crippen LogP contribution in [0.1, 0.15) is 79.2 Å². The van der Waals surface area contributed by atoms with Crippen molar-refractivity contribution >= 4 is 62.9 Å². The predicted octanol–water partition coefficient (Wildman–Crippen LogP) is 9.67. The van der Waals surface area contributed by atoms with E-state index in [2.05, 4.69) is 57.6 Å². The highest BCUT2D eigenvalue weighted by molar-refractivity contribution is 6.35. The topological polar surface area (TPSA) is 63.8 Å². The van der Waals surface area contributed by atoms with E-state index < -0.39 is 0 Å². The van der Waals surface area contributed by atoms with Gasteiger partial charge in [0, 0.05) is 63.8 Å². The molecule has 2 N–H and O–H groups in total. The summed E-state index contributed by atoms with van der Waals surface area (Å²) in [5, 5.41) is 5.99. The van der Waals surface area contributed by atoms with Crippen molar-refractivity contribution < 1.29 is 9.53 Å². The van der Waals surface area contributed by atoms with E-state index in [1.165, 1.54) is 32.1 Å². The quantitative estimate of drug-likeness (QED) is 0.169. The zero-order valence-electron chi connectivity index (χ0n) is 30.0. The fraction of sp³-hybridized carbons (Fsp3) is 0.405. The van der Waals surface area contributed by atoms with Gasteiger partial charge in [0.1, 0.15) is 5.69 Å². The Kier molecular flexibility index (Phi) is 11.7. The Morgan fingerprint density at radius 3 is 2.35 bits per heavy atom. The average Bonchev–Trinajstić information content (AvgIpc) is 3.78. The number of aromatic amines is 1. The Hall–Kier alpha value is -3.30. The summed E-state index contributed by atoms with van der Waals surface area (Å²) < 4.78 is 6.06. The maximum atomic E-state index is 14.7. The smallest absolute Gasteiger partial charge is 0.268 e. The van der Waals surface area contributed by atoms with Gasteiger partial charge in [0.25, 0.3) is 5.91 Å². The van der Waals surface area contributed by atoms with Crippen molar-refractivity contribution in [3.05, 3.63) is 117 Å². The van der Waals surface area contributed by atoms with Gasteiger partial charge in [0.05, 0.1) is 37.0 Å². The van der Waals surface area contributed by atoms with Crippen LogP contribution in [0.15, 0.2) is 79.5 Å². The van der Waals surface area contributed by atoms with Gasteiger partial charge in [-0.15, -0.1) is 0 Å². The molecule has 4 aromatic rings. The zero-order chi connectivity index (χ0) is 36.4. The van der Waals surface area contributed by atoms with E-state index in [4.69, 9.17) is 39.5 Å². The maximum absolute atomic E-state index is 14.7. The highest BCUT2D eigenvalue weighted by Crippen LogP contribution is 2.42. The van der Waals surface area contributed by atoms with Crippen LogP contribution < -0.4 is 5.32 Å². The van der Waals surface area contributed by atoms with Crippen LogP contribution in [0.25, 0.3) is 22.2 Å². The van der Waals surface area contributed by atoms with Crippen LogP contribution in [-0.4, -0.2) is 83.1 Å². The summed E-state index contributed by atoms with van der Waals surface area (Å²) in [6.45, 7) is 13.6. The van der Waals surface area contributed by atoms with Crippen molar-refractivity contribution in [2.45, 2.75) is 70.1 Å². The molecule has 0 radical (unpaired) electrons. The maximum Gasteiger partial charge on any atom is 0.268 e. The fourth-order valence-corrected chi connectivity index (χ4v) is 9.25. The lowest BCUT2D eigenvalue weighted by Crippen LogP contribution is -2.58. The minimum absolute atomic E-state index is 0.109. The number of benzene rings is 3. The van der Waals surface area contributed by atoms with Crippen LogP contribution in [-0.2, 0) is 4.74 Å². The number of ether oxygens (including phenoxy) is 1. The first-order valence-corrected chi connectivity index (χ1v) is 19.7. The number of carbonyl (C=O) groups excluding carboxylic acids is 1. The summed E-state index contributed by atoms with van der Waals surface area (Å²) in [7, 11) is 0. The van der Waals surface area contributed by atoms with Gasteiger partial charge < -0.3 is 19.9 Å². The van der Waals surface area contributed by atoms with Gasteiger partial charge in [0.15, 0.2) is 0 Å². The van der Waals surface area contributed by atoms with Gasteiger partial charge in [-0.1, -0.05) is 103 Å². The molecular formula is C42H48Cl3N5O2. The monoisotopic (exact) mass is 759 g/mol. The lowest BCUT2D eigenvalue weighted by Gasteiger charge is -2.43. The summed E-state index contributed by atoms with van der Waals surface area (Å²) in [4.78, 5) is 25.5. The van der Waals surface area contributed by atoms with E-state index in [-0.39, 0.29) is 24.0 Å². The van der Waals surface area contributed by atoms with E-state index in [1.807, 2.05) is 54.7 Å². The number of amides is 1. The molecule has 52 heavy (non-hydrogen) atoms. The summed E-state index contributed by atoms with van der Waals surface area (Å²) in [6, 6.07) is 21.9. The van der Waals surface area contributed by atoms with E-state index in [9.17, 15) is 4.79 Å². The number of nitrogens with zero attached hydrogens (tertiary/aromatic N) is 3. The molecule has 2 saturated heterocycles. The molecule has 10 heteroatoms. The SMILES string of the molecule is C=CN(/C(=C(\C)c1ccccc1)c1c(C(=O)N[C@H]2COCC2N2CCN(C3CCCCC3)CC2)[nH]c2cc(Cl)ccc12)C(C)c1ccc(Cl)cc1Cl. The molecule has 1 aliphatic carbocycles. The number of halogens is 3. The minimum Gasteiger partial charge on any atom is -0.378 e. The molecule has 2 aliphatic heterocycles. The molecule has 0 bridgehead atoms. The molecule has 3 aliphatic rings. The van der Waals surface area contributed by atoms with Crippen LogP contribution in [0.5, 0.6) is 0 Å². The second kappa shape index (κ2) is 16.4. The van der Waals surface area contributed by atoms with Gasteiger partial charge >= 0.3 is 0 Å². The third-order valence-electron chi connectivity index (χ3n) is 11.3. The highest BCUT2D eigenvalue weighted by Gasteiger charge is 2.38. The molecular weight excluding hydrogens is 713 g/mol. The first-order chi connectivity index (χ1) is 25.2. The first-order valence-electron chi connectivity index (χ1n) is 18.5. The van der Waals surface area contributed by atoms with Crippen LogP contribution in [0.2, 0.25) is 15.1 Å². The lowest BCUT2D eigenvalue weighted by molar-refractivity contribution is 0.0474. The second-order valence-corrected chi connectivity index (χ2v) is 15.7. The molecule has 1 aromatic heterocycles. The Bertz CT molecular complexity index is 1930. The molecule has 3 heterocycles. The van der Waals surface area contributed by atoms with Crippen molar-refractivity contribution in [1.29, 1.82) is 0 Å². The van der Waals surface area contributed by atoms with Gasteiger partial charge in [-0.05, 0) is 73.9 Å². The van der Waals surface area contributed by atoms with Crippen LogP contribution in [0.4, 0.5) is 0 Å². The number of fused-ring (bicyclic) bond motifs is 1. The van der Waals surface area contributed by atoms with Crippen molar-refractivity contribution in [3.63, 3.8) is 0 Å². The summed E-state index contributed by atoms with van der Waals surface area (Å²) >= 11 is 19.7. The Balaban J connectivity index is 1.25. The number of nitrogens with one attached hydrogen (secondary N) is 2. The minimum atomic E-state index is -0.260. The van der Waals surface area contributed by atoms with Crippen LogP contribution in [0, 0.1) is 0 Å². The van der Waals surface area contributed by atoms with Gasteiger partial charge in [-0.2, -0.15) is 0 Å². The van der Waals surface area contributed by atoms with Crippen molar-refractivity contribution in [1.82, 2.24) is 25.0 Å². The summed E-state index contributed by atoms with van der Waals surface area (Å²) in [5.41, 5.74) is 5.69. The normalized spacial score (nSPS) is 21.6. The third kappa shape index (κ3) is 7.68. The van der Waals surface area contributed by atoms with E-state index >= 15 is 0 Å². The van der Waals surface area contributed by atoms with Crippen molar-refractivity contribution in [2.75, 3.05) is 39.4 Å².